The predicted octanol–water partition coefficient (Wildman–Crippen LogP) is 0.552. The van der Waals surface area contributed by atoms with E-state index in [1.54, 1.807) is 6.08 Å². The molecule has 0 fully saturated rings. The maximum atomic E-state index is 8.00. The number of aliphatic hydroxyl groups is 1. The van der Waals surface area contributed by atoms with Gasteiger partial charge in [-0.2, -0.15) is 0 Å². The third-order valence-corrected chi connectivity index (χ3v) is 0.333. The number of hydrogen-bond donors (Lipinski definition) is 1. The maximum absolute atomic E-state index is 8.00. The fourth-order valence-corrected chi connectivity index (χ4v) is 0.0913. The molecule has 0 atom stereocenters. The first kappa shape index (κ1) is 9.61. The summed E-state index contributed by atoms with van der Waals surface area (Å²) in [4.78, 5) is 0. The molecule has 6 heavy (non-hydrogen) atoms. The van der Waals surface area contributed by atoms with Crippen molar-refractivity contribution in [3.8, 4) is 0 Å². The van der Waals surface area contributed by atoms with Gasteiger partial charge in [-0.15, -0.1) is 6.58 Å². The Morgan fingerprint density at radius 3 is 2.17 bits per heavy atom. The zero-order valence-corrected chi connectivity index (χ0v) is 5.02. The Labute approximate surface area is 51.7 Å². The molecule has 0 radical (unpaired) electrons. The molecule has 40 valence electrons. The molecule has 0 aromatic heterocycles. The second-order valence-corrected chi connectivity index (χ2v) is 0.801. The standard InChI is InChI=1S/C4H8O.Pd/c1-2-3-4-5;/h2,5H,1,3-4H2;. The van der Waals surface area contributed by atoms with Gasteiger partial charge in [-0.1, -0.05) is 6.08 Å². The Balaban J connectivity index is 0. The van der Waals surface area contributed by atoms with E-state index in [2.05, 4.69) is 6.58 Å². The second-order valence-electron chi connectivity index (χ2n) is 0.801. The maximum Gasteiger partial charge on any atom is 0.0465 e. The van der Waals surface area contributed by atoms with Crippen LogP contribution in [0.4, 0.5) is 0 Å². The van der Waals surface area contributed by atoms with Gasteiger partial charge >= 0.3 is 0 Å². The minimum atomic E-state index is 0. The average molecular weight is 179 g/mol. The van der Waals surface area contributed by atoms with Crippen molar-refractivity contribution in [1.29, 1.82) is 0 Å². The normalized spacial score (nSPS) is 6.17. The van der Waals surface area contributed by atoms with Crippen molar-refractivity contribution in [2.45, 2.75) is 6.42 Å². The number of hydrogen-bond acceptors (Lipinski definition) is 1. The van der Waals surface area contributed by atoms with Crippen LogP contribution in [0, 0.1) is 0 Å². The third-order valence-electron chi connectivity index (χ3n) is 0.333. The van der Waals surface area contributed by atoms with E-state index in [0.29, 0.717) is 6.42 Å². The Kier molecular flexibility index (Phi) is 14.5. The molecule has 0 bridgehead atoms. The van der Waals surface area contributed by atoms with Gasteiger partial charge < -0.3 is 5.11 Å². The van der Waals surface area contributed by atoms with Crippen molar-refractivity contribution < 1.29 is 25.5 Å². The zero-order chi connectivity index (χ0) is 4.12. The van der Waals surface area contributed by atoms with Crippen molar-refractivity contribution in [1.82, 2.24) is 0 Å². The zero-order valence-electron chi connectivity index (χ0n) is 3.46. The van der Waals surface area contributed by atoms with E-state index in [9.17, 15) is 0 Å². The molecule has 0 saturated carbocycles. The molecule has 0 heterocycles. The van der Waals surface area contributed by atoms with E-state index >= 15 is 0 Å². The van der Waals surface area contributed by atoms with Crippen molar-refractivity contribution in [3.63, 3.8) is 0 Å². The van der Waals surface area contributed by atoms with Crippen LogP contribution >= 0.6 is 0 Å². The predicted molar refractivity (Wildman–Crippen MR) is 21.9 cm³/mol. The summed E-state index contributed by atoms with van der Waals surface area (Å²) in [6.07, 6.45) is 2.39. The van der Waals surface area contributed by atoms with Gasteiger partial charge in [0.25, 0.3) is 0 Å². The van der Waals surface area contributed by atoms with Crippen LogP contribution in [0.25, 0.3) is 0 Å². The molecule has 0 aliphatic rings. The monoisotopic (exact) mass is 178 g/mol. The van der Waals surface area contributed by atoms with Crippen LogP contribution in [-0.2, 0) is 20.4 Å². The Bertz CT molecular complexity index is 28.7. The van der Waals surface area contributed by atoms with Gasteiger partial charge in [0.05, 0.1) is 0 Å². The molecule has 2 heteroatoms. The van der Waals surface area contributed by atoms with Gasteiger partial charge in [0.1, 0.15) is 0 Å². The summed E-state index contributed by atoms with van der Waals surface area (Å²) in [6.45, 7) is 3.62. The molecule has 0 spiro atoms. The largest absolute Gasteiger partial charge is 0.396 e. The van der Waals surface area contributed by atoms with Crippen molar-refractivity contribution in [2.75, 3.05) is 6.61 Å². The average Bonchev–Trinajstić information content (AvgIpc) is 1.41. The van der Waals surface area contributed by atoms with Crippen molar-refractivity contribution in [3.05, 3.63) is 12.7 Å². The van der Waals surface area contributed by atoms with E-state index in [4.69, 9.17) is 5.11 Å². The second kappa shape index (κ2) is 9.03. The molecule has 0 aliphatic carbocycles. The summed E-state index contributed by atoms with van der Waals surface area (Å²) < 4.78 is 0. The van der Waals surface area contributed by atoms with Crippen LogP contribution in [0.5, 0.6) is 0 Å². The van der Waals surface area contributed by atoms with Gasteiger partial charge in [-0.3, -0.25) is 0 Å². The molecule has 0 aromatic carbocycles. The van der Waals surface area contributed by atoms with Gasteiger partial charge in [-0.25, -0.2) is 0 Å². The van der Waals surface area contributed by atoms with Crippen LogP contribution in [0.3, 0.4) is 0 Å². The first-order chi connectivity index (χ1) is 2.41. The SMILES string of the molecule is C=CCCO.[Pd]. The minimum Gasteiger partial charge on any atom is -0.396 e. The molecule has 0 aromatic rings. The number of aliphatic hydroxyl groups excluding tert-OH is 1. The Morgan fingerprint density at radius 1 is 1.67 bits per heavy atom. The summed E-state index contributed by atoms with van der Waals surface area (Å²) >= 11 is 0. The van der Waals surface area contributed by atoms with Crippen molar-refractivity contribution >= 4 is 0 Å². The molecule has 0 rings (SSSR count). The Hall–Kier alpha value is 0.362. The van der Waals surface area contributed by atoms with E-state index in [-0.39, 0.29) is 27.0 Å². The summed E-state index contributed by atoms with van der Waals surface area (Å²) in [7, 11) is 0. The van der Waals surface area contributed by atoms with Crippen LogP contribution in [-0.4, -0.2) is 11.7 Å². The summed E-state index contributed by atoms with van der Waals surface area (Å²) in [5, 5.41) is 8.00. The summed E-state index contributed by atoms with van der Waals surface area (Å²) in [5.74, 6) is 0. The van der Waals surface area contributed by atoms with Crippen LogP contribution in [0.1, 0.15) is 6.42 Å². The number of rotatable bonds is 2. The fourth-order valence-electron chi connectivity index (χ4n) is 0.0913. The van der Waals surface area contributed by atoms with Crippen molar-refractivity contribution in [2.24, 2.45) is 0 Å². The fraction of sp³-hybridized carbons (Fsp3) is 0.500. The topological polar surface area (TPSA) is 20.2 Å². The first-order valence-electron chi connectivity index (χ1n) is 1.63. The molecule has 0 amide bonds. The quantitative estimate of drug-likeness (QED) is 0.484. The smallest absolute Gasteiger partial charge is 0.0465 e. The summed E-state index contributed by atoms with van der Waals surface area (Å²) in [5.41, 5.74) is 0. The molecule has 1 N–H and O–H groups in total. The Morgan fingerprint density at radius 2 is 2.17 bits per heavy atom. The molecule has 0 unspecified atom stereocenters. The first-order valence-corrected chi connectivity index (χ1v) is 1.63. The third kappa shape index (κ3) is 8.84. The van der Waals surface area contributed by atoms with Gasteiger partial charge in [0.2, 0.25) is 0 Å². The van der Waals surface area contributed by atoms with Crippen LogP contribution < -0.4 is 0 Å². The van der Waals surface area contributed by atoms with Crippen LogP contribution in [0.2, 0.25) is 0 Å². The molecule has 0 saturated heterocycles. The van der Waals surface area contributed by atoms with E-state index < -0.39 is 0 Å². The summed E-state index contributed by atoms with van der Waals surface area (Å²) in [6, 6.07) is 0. The van der Waals surface area contributed by atoms with Gasteiger partial charge in [0.15, 0.2) is 0 Å². The van der Waals surface area contributed by atoms with E-state index in [1.165, 1.54) is 0 Å². The molecular formula is C4H8OPd. The van der Waals surface area contributed by atoms with E-state index in [0.717, 1.165) is 0 Å². The van der Waals surface area contributed by atoms with Gasteiger partial charge in [0, 0.05) is 27.0 Å². The molecule has 0 aliphatic heterocycles. The molecular weight excluding hydrogens is 170 g/mol. The van der Waals surface area contributed by atoms with Gasteiger partial charge in [-0.05, 0) is 6.42 Å². The molecule has 1 nitrogen and oxygen atoms in total. The van der Waals surface area contributed by atoms with E-state index in [1.807, 2.05) is 0 Å². The van der Waals surface area contributed by atoms with Crippen LogP contribution in [0.15, 0.2) is 12.7 Å². The minimum absolute atomic E-state index is 0.